The number of hydrogen-bond acceptors (Lipinski definition) is 2. The van der Waals surface area contributed by atoms with Gasteiger partial charge in [0, 0.05) is 17.1 Å². The Balaban J connectivity index is 1.59. The second-order valence-corrected chi connectivity index (χ2v) is 18.7. The van der Waals surface area contributed by atoms with Gasteiger partial charge in [0.15, 0.2) is 0 Å². The Morgan fingerprint density at radius 1 is 0.587 bits per heavy atom. The zero-order valence-electron chi connectivity index (χ0n) is 30.5. The topological polar surface area (TPSA) is 12.5 Å². The van der Waals surface area contributed by atoms with E-state index >= 15 is 0 Å². The van der Waals surface area contributed by atoms with Crippen LogP contribution in [0.25, 0.3) is 0 Å². The molecule has 0 bridgehead atoms. The smallest absolute Gasteiger partial charge is 0.256 e. The highest BCUT2D eigenvalue weighted by atomic mass is 16.5. The number of benzene rings is 4. The molecule has 3 aliphatic rings. The van der Waals surface area contributed by atoms with Crippen molar-refractivity contribution < 1.29 is 4.74 Å². The summed E-state index contributed by atoms with van der Waals surface area (Å²) >= 11 is 0. The van der Waals surface area contributed by atoms with Crippen molar-refractivity contribution >= 4 is 40.2 Å². The van der Waals surface area contributed by atoms with Gasteiger partial charge >= 0.3 is 0 Å². The lowest BCUT2D eigenvalue weighted by molar-refractivity contribution is 0.403. The summed E-state index contributed by atoms with van der Waals surface area (Å²) in [6.45, 7) is 30.7. The molecule has 2 nitrogen and oxygen atoms in total. The Bertz CT molecular complexity index is 1870. The number of fused-ring (bicyclic) bond motifs is 5. The summed E-state index contributed by atoms with van der Waals surface area (Å²) in [5, 5.41) is 0. The fourth-order valence-electron chi connectivity index (χ4n) is 8.50. The van der Waals surface area contributed by atoms with E-state index in [9.17, 15) is 0 Å². The van der Waals surface area contributed by atoms with Gasteiger partial charge in [0.25, 0.3) is 6.71 Å². The van der Waals surface area contributed by atoms with E-state index in [0.717, 1.165) is 17.9 Å². The van der Waals surface area contributed by atoms with Crippen molar-refractivity contribution in [2.24, 2.45) is 0 Å². The number of ether oxygens (including phenoxy) is 1. The molecule has 2 aliphatic heterocycles. The molecule has 0 saturated heterocycles. The molecule has 2 heterocycles. The van der Waals surface area contributed by atoms with Crippen molar-refractivity contribution in [1.29, 1.82) is 0 Å². The molecular formula is C43H52BNO. The summed E-state index contributed by atoms with van der Waals surface area (Å²) in [7, 11) is 0. The van der Waals surface area contributed by atoms with Crippen LogP contribution in [0.15, 0.2) is 66.7 Å². The third-order valence-corrected chi connectivity index (χ3v) is 10.9. The lowest BCUT2D eigenvalue weighted by Gasteiger charge is -2.42. The maximum atomic E-state index is 6.79. The maximum absolute atomic E-state index is 6.79. The van der Waals surface area contributed by atoms with E-state index in [1.165, 1.54) is 61.3 Å². The lowest BCUT2D eigenvalue weighted by Crippen LogP contribution is -2.60. The highest BCUT2D eigenvalue weighted by Gasteiger charge is 2.47. The van der Waals surface area contributed by atoms with Crippen molar-refractivity contribution in [2.45, 2.75) is 124 Å². The third-order valence-electron chi connectivity index (χ3n) is 10.9. The van der Waals surface area contributed by atoms with Gasteiger partial charge in [-0.25, -0.2) is 0 Å². The molecule has 0 aromatic heterocycles. The van der Waals surface area contributed by atoms with E-state index < -0.39 is 0 Å². The number of nitrogens with zero attached hydrogens (tertiary/aromatic N) is 1. The van der Waals surface area contributed by atoms with Crippen LogP contribution in [0.3, 0.4) is 0 Å². The zero-order chi connectivity index (χ0) is 33.4. The van der Waals surface area contributed by atoms with Gasteiger partial charge in [-0.2, -0.15) is 0 Å². The molecule has 0 fully saturated rings. The minimum atomic E-state index is 0.0165. The van der Waals surface area contributed by atoms with Crippen LogP contribution in [0.2, 0.25) is 0 Å². The molecule has 0 unspecified atom stereocenters. The average molecular weight is 610 g/mol. The first-order valence-electron chi connectivity index (χ1n) is 17.3. The number of anilines is 3. The molecule has 3 heteroatoms. The van der Waals surface area contributed by atoms with Crippen LogP contribution in [-0.2, 0) is 27.1 Å². The van der Waals surface area contributed by atoms with Gasteiger partial charge in [-0.05, 0) is 114 Å². The highest BCUT2D eigenvalue weighted by molar-refractivity contribution is 6.99. The Morgan fingerprint density at radius 2 is 1.17 bits per heavy atom. The quantitative estimate of drug-likeness (QED) is 0.172. The molecule has 0 amide bonds. The van der Waals surface area contributed by atoms with E-state index in [1.807, 2.05) is 0 Å². The van der Waals surface area contributed by atoms with Gasteiger partial charge in [0.05, 0.1) is 0 Å². The van der Waals surface area contributed by atoms with Gasteiger partial charge in [-0.1, -0.05) is 120 Å². The first-order valence-corrected chi connectivity index (χ1v) is 17.3. The minimum Gasteiger partial charge on any atom is -0.458 e. The summed E-state index contributed by atoms with van der Waals surface area (Å²) in [6, 6.07) is 26.0. The van der Waals surface area contributed by atoms with E-state index in [2.05, 4.69) is 162 Å². The molecule has 46 heavy (non-hydrogen) atoms. The van der Waals surface area contributed by atoms with Crippen LogP contribution >= 0.6 is 0 Å². The van der Waals surface area contributed by atoms with Crippen LogP contribution in [0.1, 0.15) is 124 Å². The van der Waals surface area contributed by atoms with E-state index in [1.54, 1.807) is 0 Å². The van der Waals surface area contributed by atoms with Crippen LogP contribution < -0.4 is 26.0 Å². The summed E-state index contributed by atoms with van der Waals surface area (Å²) in [4.78, 5) is 2.57. The van der Waals surface area contributed by atoms with Gasteiger partial charge in [0.2, 0.25) is 0 Å². The average Bonchev–Trinajstić information content (AvgIpc) is 3.12. The molecule has 0 radical (unpaired) electrons. The van der Waals surface area contributed by atoms with Crippen molar-refractivity contribution in [3.63, 3.8) is 0 Å². The standard InChI is InChI=1S/C43H52BNO/c1-39(2,3)26-17-18-36-33(22-26)44-32-23-30-31(43(12,13)25-42(30,10)11)24-35(32)45(34-15-14-16-37(46-36)38(34)44)29-20-27(40(4,5)6)19-28(21-29)41(7,8)9/h14-24H,25H2,1-13H3. The monoisotopic (exact) mass is 609 g/mol. The van der Waals surface area contributed by atoms with Crippen LogP contribution in [0, 0.1) is 0 Å². The van der Waals surface area contributed by atoms with Gasteiger partial charge in [-0.3, -0.25) is 0 Å². The summed E-state index contributed by atoms with van der Waals surface area (Å²) in [6.07, 6.45) is 1.14. The molecule has 238 valence electrons. The first kappa shape index (κ1) is 31.2. The second-order valence-electron chi connectivity index (χ2n) is 18.7. The van der Waals surface area contributed by atoms with Crippen LogP contribution in [0.5, 0.6) is 11.5 Å². The van der Waals surface area contributed by atoms with Crippen molar-refractivity contribution in [3.8, 4) is 11.5 Å². The van der Waals surface area contributed by atoms with Gasteiger partial charge in [-0.15, -0.1) is 0 Å². The molecule has 0 N–H and O–H groups in total. The number of hydrogen-bond donors (Lipinski definition) is 0. The molecule has 0 saturated carbocycles. The Morgan fingerprint density at radius 3 is 1.76 bits per heavy atom. The summed E-state index contributed by atoms with van der Waals surface area (Å²) < 4.78 is 6.79. The first-order chi connectivity index (χ1) is 21.2. The van der Waals surface area contributed by atoms with E-state index in [0.29, 0.717) is 0 Å². The van der Waals surface area contributed by atoms with Crippen molar-refractivity contribution in [3.05, 3.63) is 94.5 Å². The molecule has 1 aliphatic carbocycles. The fourth-order valence-corrected chi connectivity index (χ4v) is 8.50. The maximum Gasteiger partial charge on any atom is 0.256 e. The predicted octanol–water partition coefficient (Wildman–Crippen LogP) is 9.94. The molecule has 4 aromatic carbocycles. The summed E-state index contributed by atoms with van der Waals surface area (Å²) in [5.41, 5.74) is 15.0. The molecule has 4 aromatic rings. The Labute approximate surface area is 278 Å². The largest absolute Gasteiger partial charge is 0.458 e. The van der Waals surface area contributed by atoms with Gasteiger partial charge in [0.1, 0.15) is 11.5 Å². The molecule has 0 spiro atoms. The minimum absolute atomic E-state index is 0.0165. The SMILES string of the molecule is CC(C)(C)c1cc(N2c3cc4c(cc3B3c5cc(C(C)(C)C)ccc5Oc5cccc2c53)C(C)(C)CC4(C)C)cc(C(C)(C)C)c1. The van der Waals surface area contributed by atoms with Gasteiger partial charge < -0.3 is 9.64 Å². The predicted molar refractivity (Wildman–Crippen MR) is 199 cm³/mol. The Kier molecular flexibility index (Phi) is 6.47. The third kappa shape index (κ3) is 4.75. The zero-order valence-corrected chi connectivity index (χ0v) is 30.5. The summed E-state index contributed by atoms with van der Waals surface area (Å²) in [5.74, 6) is 1.95. The lowest BCUT2D eigenvalue weighted by atomic mass is 9.33. The molecule has 0 atom stereocenters. The van der Waals surface area contributed by atoms with Crippen molar-refractivity contribution in [2.75, 3.05) is 4.90 Å². The van der Waals surface area contributed by atoms with Crippen LogP contribution in [-0.4, -0.2) is 6.71 Å². The number of rotatable bonds is 1. The normalized spacial score (nSPS) is 17.6. The van der Waals surface area contributed by atoms with E-state index in [4.69, 9.17) is 4.74 Å². The molecular weight excluding hydrogens is 557 g/mol. The highest BCUT2D eigenvalue weighted by Crippen LogP contribution is 2.52. The van der Waals surface area contributed by atoms with E-state index in [-0.39, 0.29) is 33.8 Å². The van der Waals surface area contributed by atoms with Crippen molar-refractivity contribution in [1.82, 2.24) is 0 Å². The molecule has 7 rings (SSSR count). The second kappa shape index (κ2) is 9.55. The Hall–Kier alpha value is -3.46. The van der Waals surface area contributed by atoms with Crippen LogP contribution in [0.4, 0.5) is 17.1 Å². The fraction of sp³-hybridized carbons (Fsp3) is 0.442.